The highest BCUT2D eigenvalue weighted by molar-refractivity contribution is 5.77. The lowest BCUT2D eigenvalue weighted by Gasteiger charge is -2.23. The van der Waals surface area contributed by atoms with Gasteiger partial charge in [0.1, 0.15) is 6.61 Å². The summed E-state index contributed by atoms with van der Waals surface area (Å²) in [4.78, 5) is 25.1. The molecule has 2 rings (SSSR count). The lowest BCUT2D eigenvalue weighted by atomic mass is 9.91. The van der Waals surface area contributed by atoms with Crippen LogP contribution in [0.5, 0.6) is 0 Å². The van der Waals surface area contributed by atoms with E-state index >= 15 is 0 Å². The molecule has 25 heavy (non-hydrogen) atoms. The van der Waals surface area contributed by atoms with Gasteiger partial charge in [-0.15, -0.1) is 0 Å². The van der Waals surface area contributed by atoms with Gasteiger partial charge in [0.05, 0.1) is 13.0 Å². The normalized spacial score (nSPS) is 20.8. The molecule has 2 N–H and O–H groups in total. The van der Waals surface area contributed by atoms with Crippen molar-refractivity contribution in [3.63, 3.8) is 0 Å². The molecule has 6 nitrogen and oxygen atoms in total. The Kier molecular flexibility index (Phi) is 7.40. The summed E-state index contributed by atoms with van der Waals surface area (Å²) in [6, 6.07) is 9.79. The molecule has 1 amide bonds. The van der Waals surface area contributed by atoms with Gasteiger partial charge in [-0.1, -0.05) is 44.2 Å². The Balaban J connectivity index is 1.78. The molecule has 1 heterocycles. The van der Waals surface area contributed by atoms with E-state index in [1.165, 1.54) is 0 Å². The van der Waals surface area contributed by atoms with E-state index in [1.54, 1.807) is 0 Å². The Morgan fingerprint density at radius 2 is 2.00 bits per heavy atom. The number of nitrogens with one attached hydrogen (secondary N) is 1. The maximum atomic E-state index is 12.2. The highest BCUT2D eigenvalue weighted by Gasteiger charge is 2.35. The first kappa shape index (κ1) is 19.4. The van der Waals surface area contributed by atoms with Crippen LogP contribution in [0.3, 0.4) is 0 Å². The molecule has 0 aliphatic carbocycles. The van der Waals surface area contributed by atoms with Crippen LogP contribution in [0.2, 0.25) is 0 Å². The van der Waals surface area contributed by atoms with Crippen molar-refractivity contribution >= 4 is 11.9 Å². The van der Waals surface area contributed by atoms with Gasteiger partial charge in [-0.25, -0.2) is 0 Å². The van der Waals surface area contributed by atoms with Crippen molar-refractivity contribution in [3.8, 4) is 0 Å². The molecule has 138 valence electrons. The zero-order valence-corrected chi connectivity index (χ0v) is 15.0. The predicted octanol–water partition coefficient (Wildman–Crippen LogP) is 1.75. The van der Waals surface area contributed by atoms with Crippen molar-refractivity contribution in [2.24, 2.45) is 11.8 Å². The van der Waals surface area contributed by atoms with Crippen LogP contribution in [-0.2, 0) is 20.9 Å². The molecule has 6 heteroatoms. The first-order valence-corrected chi connectivity index (χ1v) is 8.81. The number of benzene rings is 1. The van der Waals surface area contributed by atoms with E-state index in [9.17, 15) is 9.59 Å². The van der Waals surface area contributed by atoms with Crippen molar-refractivity contribution in [1.29, 1.82) is 0 Å². The van der Waals surface area contributed by atoms with Gasteiger partial charge < -0.3 is 20.1 Å². The number of hydrogen-bond donors (Lipinski definition) is 2. The Morgan fingerprint density at radius 1 is 1.28 bits per heavy atom. The van der Waals surface area contributed by atoms with Gasteiger partial charge >= 0.3 is 5.97 Å². The van der Waals surface area contributed by atoms with E-state index in [4.69, 9.17) is 9.84 Å². The van der Waals surface area contributed by atoms with Crippen LogP contribution in [-0.4, -0.2) is 54.2 Å². The van der Waals surface area contributed by atoms with E-state index < -0.39 is 5.97 Å². The van der Waals surface area contributed by atoms with Crippen LogP contribution >= 0.6 is 0 Å². The van der Waals surface area contributed by atoms with Gasteiger partial charge in [0.2, 0.25) is 5.91 Å². The minimum Gasteiger partial charge on any atom is -0.481 e. The second kappa shape index (κ2) is 9.53. The lowest BCUT2D eigenvalue weighted by Crippen LogP contribution is -2.43. The number of carbonyl (C=O) groups excluding carboxylic acids is 1. The maximum Gasteiger partial charge on any atom is 0.304 e. The van der Waals surface area contributed by atoms with E-state index in [1.807, 2.05) is 30.3 Å². The third-order valence-electron chi connectivity index (χ3n) is 4.63. The van der Waals surface area contributed by atoms with Crippen molar-refractivity contribution in [1.82, 2.24) is 10.2 Å². The molecule has 2 atom stereocenters. The molecule has 1 aromatic carbocycles. The van der Waals surface area contributed by atoms with Crippen molar-refractivity contribution < 1.29 is 19.4 Å². The van der Waals surface area contributed by atoms with Gasteiger partial charge in [0.25, 0.3) is 0 Å². The monoisotopic (exact) mass is 348 g/mol. The summed E-state index contributed by atoms with van der Waals surface area (Å²) in [6.45, 7) is 6.76. The van der Waals surface area contributed by atoms with Gasteiger partial charge in [0, 0.05) is 25.7 Å². The zero-order chi connectivity index (χ0) is 18.2. The number of aliphatic carboxylic acids is 1. The summed E-state index contributed by atoms with van der Waals surface area (Å²) in [5.74, 6) is -0.160. The van der Waals surface area contributed by atoms with Crippen LogP contribution in [0.25, 0.3) is 0 Å². The van der Waals surface area contributed by atoms with Crippen LogP contribution in [0.1, 0.15) is 25.8 Å². The number of hydrogen-bond acceptors (Lipinski definition) is 4. The third kappa shape index (κ3) is 6.48. The maximum absolute atomic E-state index is 12.2. The number of carboxylic acid groups (broad SMARTS) is 1. The highest BCUT2D eigenvalue weighted by atomic mass is 16.5. The summed E-state index contributed by atoms with van der Waals surface area (Å²) >= 11 is 0. The number of amides is 1. The van der Waals surface area contributed by atoms with Crippen LogP contribution < -0.4 is 5.32 Å². The summed E-state index contributed by atoms with van der Waals surface area (Å²) in [7, 11) is 0. The smallest absolute Gasteiger partial charge is 0.304 e. The molecule has 0 unspecified atom stereocenters. The summed E-state index contributed by atoms with van der Waals surface area (Å²) in [5.41, 5.74) is 1.04. The summed E-state index contributed by atoms with van der Waals surface area (Å²) in [5, 5.41) is 11.9. The van der Waals surface area contributed by atoms with Crippen molar-refractivity contribution in [2.75, 3.05) is 26.2 Å². The Bertz CT molecular complexity index is 562. The second-order valence-electron chi connectivity index (χ2n) is 6.96. The highest BCUT2D eigenvalue weighted by Crippen LogP contribution is 2.24. The standard InChI is InChI=1S/C19H28N2O4/c1-14(2)16-10-21(9-8-19(23)24)11-17(16)20-18(22)13-25-12-15-6-4-3-5-7-15/h3-7,14,16-17H,8-13H2,1-2H3,(H,20,22)(H,23,24)/t16-,17+/m1/s1. The van der Waals surface area contributed by atoms with Gasteiger partial charge in [-0.05, 0) is 17.4 Å². The largest absolute Gasteiger partial charge is 0.481 e. The van der Waals surface area contributed by atoms with Crippen LogP contribution in [0.15, 0.2) is 30.3 Å². The van der Waals surface area contributed by atoms with Crippen LogP contribution in [0, 0.1) is 11.8 Å². The Hall–Kier alpha value is -1.92. The average Bonchev–Trinajstić information content (AvgIpc) is 2.97. The zero-order valence-electron chi connectivity index (χ0n) is 15.0. The molecule has 0 bridgehead atoms. The Morgan fingerprint density at radius 3 is 2.64 bits per heavy atom. The molecule has 1 saturated heterocycles. The first-order valence-electron chi connectivity index (χ1n) is 8.81. The van der Waals surface area contributed by atoms with E-state index in [0.717, 1.165) is 12.1 Å². The van der Waals surface area contributed by atoms with Gasteiger partial charge in [-0.2, -0.15) is 0 Å². The topological polar surface area (TPSA) is 78.9 Å². The third-order valence-corrected chi connectivity index (χ3v) is 4.63. The van der Waals surface area contributed by atoms with Gasteiger partial charge in [0.15, 0.2) is 0 Å². The SMILES string of the molecule is CC(C)[C@H]1CN(CCC(=O)O)C[C@@H]1NC(=O)COCc1ccccc1. The molecule has 0 radical (unpaired) electrons. The minimum atomic E-state index is -0.789. The molecular formula is C19H28N2O4. The number of rotatable bonds is 9. The summed E-state index contributed by atoms with van der Waals surface area (Å²) in [6.07, 6.45) is 0.131. The molecule has 0 aromatic heterocycles. The molecule has 0 spiro atoms. The molecule has 1 aromatic rings. The first-order chi connectivity index (χ1) is 12.0. The van der Waals surface area contributed by atoms with Crippen LogP contribution in [0.4, 0.5) is 0 Å². The fourth-order valence-corrected chi connectivity index (χ4v) is 3.26. The summed E-state index contributed by atoms with van der Waals surface area (Å²) < 4.78 is 5.49. The average molecular weight is 348 g/mol. The number of likely N-dealkylation sites (tertiary alicyclic amines) is 1. The minimum absolute atomic E-state index is 0.0331. The number of ether oxygens (including phenoxy) is 1. The van der Waals surface area contributed by atoms with Crippen molar-refractivity contribution in [3.05, 3.63) is 35.9 Å². The van der Waals surface area contributed by atoms with E-state index in [2.05, 4.69) is 24.1 Å². The molecule has 1 aliphatic rings. The number of carbonyl (C=O) groups is 2. The number of nitrogens with zero attached hydrogens (tertiary/aromatic N) is 1. The Labute approximate surface area is 149 Å². The molecule has 1 fully saturated rings. The van der Waals surface area contributed by atoms with E-state index in [-0.39, 0.29) is 25.0 Å². The fourth-order valence-electron chi connectivity index (χ4n) is 3.26. The van der Waals surface area contributed by atoms with Crippen molar-refractivity contribution in [2.45, 2.75) is 32.9 Å². The molecule has 0 saturated carbocycles. The fraction of sp³-hybridized carbons (Fsp3) is 0.579. The predicted molar refractivity (Wildman–Crippen MR) is 95.0 cm³/mol. The quantitative estimate of drug-likeness (QED) is 0.711. The lowest BCUT2D eigenvalue weighted by molar-refractivity contribution is -0.137. The van der Waals surface area contributed by atoms with Gasteiger partial charge in [-0.3, -0.25) is 9.59 Å². The second-order valence-corrected chi connectivity index (χ2v) is 6.96. The van der Waals surface area contributed by atoms with E-state index in [0.29, 0.717) is 31.5 Å². The molecule has 1 aliphatic heterocycles. The molecular weight excluding hydrogens is 320 g/mol. The number of carboxylic acids is 1.